The molecule has 0 aromatic heterocycles. The number of phosphoric acid groups is 1. The van der Waals surface area contributed by atoms with E-state index in [4.69, 9.17) is 0 Å². The van der Waals surface area contributed by atoms with Crippen LogP contribution in [0.5, 0.6) is 5.75 Å². The van der Waals surface area contributed by atoms with Crippen LogP contribution in [0.25, 0.3) is 0 Å². The van der Waals surface area contributed by atoms with Gasteiger partial charge in [-0.3, -0.25) is 0 Å². The van der Waals surface area contributed by atoms with Crippen molar-refractivity contribution in [1.82, 2.24) is 0 Å². The zero-order valence-electron chi connectivity index (χ0n) is 7.12. The minimum Gasteiger partial charge on any atom is -0.398 e. The largest absolute Gasteiger partial charge is 0.593 e. The molecule has 0 aliphatic rings. The van der Waals surface area contributed by atoms with Crippen LogP contribution in [0.15, 0.2) is 12.1 Å². The maximum Gasteiger partial charge on any atom is 0.593 e. The van der Waals surface area contributed by atoms with Crippen LogP contribution in [0.1, 0.15) is 0 Å². The lowest BCUT2D eigenvalue weighted by atomic mass is 10.3. The summed E-state index contributed by atoms with van der Waals surface area (Å²) < 4.78 is 80.2. The molecule has 0 amide bonds. The first-order valence-electron chi connectivity index (χ1n) is 3.47. The number of halogens is 5. The Morgan fingerprint density at radius 2 is 1.56 bits per heavy atom. The first-order chi connectivity index (χ1) is 7.43. The molecule has 0 fully saturated rings. The molecule has 0 saturated heterocycles. The van der Waals surface area contributed by atoms with E-state index in [2.05, 4.69) is 14.0 Å². The highest BCUT2D eigenvalue weighted by atomic mass is 31.2. The molecule has 90 valence electrons. The van der Waals surface area contributed by atoms with Crippen molar-refractivity contribution in [1.29, 1.82) is 0 Å². The maximum atomic E-state index is 12.8. The Morgan fingerprint density at radius 1 is 1.00 bits per heavy atom. The van der Waals surface area contributed by atoms with E-state index in [1.165, 1.54) is 0 Å². The number of rotatable bonds is 4. The minimum atomic E-state index is -5.33. The molecule has 0 atom stereocenters. The van der Waals surface area contributed by atoms with Gasteiger partial charge in [-0.25, -0.2) is 13.3 Å². The predicted octanol–water partition coefficient (Wildman–Crippen LogP) is 3.39. The molecule has 1 aromatic rings. The number of benzene rings is 1. The summed E-state index contributed by atoms with van der Waals surface area (Å²) in [5.41, 5.74) is 0. The topological polar surface area (TPSA) is 44.8 Å². The van der Waals surface area contributed by atoms with Crippen molar-refractivity contribution in [3.05, 3.63) is 29.6 Å². The third kappa shape index (κ3) is 2.49. The van der Waals surface area contributed by atoms with Crippen LogP contribution in [-0.4, -0.2) is 0 Å². The highest BCUT2D eigenvalue weighted by Crippen LogP contribution is 2.50. The molecule has 0 bridgehead atoms. The van der Waals surface area contributed by atoms with Crippen molar-refractivity contribution in [2.45, 2.75) is 0 Å². The van der Waals surface area contributed by atoms with Crippen molar-refractivity contribution in [3.63, 3.8) is 0 Å². The SMILES string of the molecule is O=P(OF)(OF)Oc1ccc(F)c(F)c1F. The van der Waals surface area contributed by atoms with Gasteiger partial charge in [0.2, 0.25) is 5.82 Å². The van der Waals surface area contributed by atoms with Gasteiger partial charge in [0.05, 0.1) is 0 Å². The van der Waals surface area contributed by atoms with Gasteiger partial charge >= 0.3 is 7.82 Å². The lowest BCUT2D eigenvalue weighted by Crippen LogP contribution is -1.99. The summed E-state index contributed by atoms with van der Waals surface area (Å²) in [6.45, 7) is 0. The van der Waals surface area contributed by atoms with Gasteiger partial charge in [-0.05, 0) is 21.2 Å². The monoisotopic (exact) mass is 264 g/mol. The third-order valence-corrected chi connectivity index (χ3v) is 2.14. The summed E-state index contributed by atoms with van der Waals surface area (Å²) in [4.78, 5) is 0. The van der Waals surface area contributed by atoms with E-state index in [-0.39, 0.29) is 0 Å². The van der Waals surface area contributed by atoms with Crippen molar-refractivity contribution >= 4 is 7.82 Å². The number of hydrogen-bond donors (Lipinski definition) is 0. The molecule has 1 aromatic carbocycles. The van der Waals surface area contributed by atoms with Gasteiger partial charge in [-0.1, -0.05) is 9.46 Å². The van der Waals surface area contributed by atoms with E-state index in [0.29, 0.717) is 12.1 Å². The molecule has 16 heavy (non-hydrogen) atoms. The highest BCUT2D eigenvalue weighted by Gasteiger charge is 2.34. The van der Waals surface area contributed by atoms with Gasteiger partial charge in [0, 0.05) is 0 Å². The van der Waals surface area contributed by atoms with Crippen molar-refractivity contribution in [2.75, 3.05) is 0 Å². The Labute approximate surface area is 85.0 Å². The highest BCUT2D eigenvalue weighted by molar-refractivity contribution is 7.48. The summed E-state index contributed by atoms with van der Waals surface area (Å²) in [6, 6.07) is 0.826. The molecule has 0 saturated carbocycles. The van der Waals surface area contributed by atoms with Crippen molar-refractivity contribution in [3.8, 4) is 5.75 Å². The fourth-order valence-electron chi connectivity index (χ4n) is 0.738. The molecule has 0 spiro atoms. The normalized spacial score (nSPS) is 11.6. The Kier molecular flexibility index (Phi) is 3.84. The molecule has 0 aliphatic heterocycles. The van der Waals surface area contributed by atoms with E-state index < -0.39 is 31.0 Å². The summed E-state index contributed by atoms with van der Waals surface area (Å²) in [6.07, 6.45) is 0. The molecule has 0 heterocycles. The second kappa shape index (κ2) is 4.77. The van der Waals surface area contributed by atoms with Crippen LogP contribution < -0.4 is 4.52 Å². The Hall–Kier alpha value is -1.18. The Bertz CT molecular complexity index is 431. The second-order valence-electron chi connectivity index (χ2n) is 2.35. The first-order valence-corrected chi connectivity index (χ1v) is 4.93. The standard InChI is InChI=1S/C6H2F5O4P/c7-3-1-2-4(6(9)5(3)8)13-16(12,14-10)15-11/h1-2H. The molecular weight excluding hydrogens is 262 g/mol. The Balaban J connectivity index is 3.08. The molecular formula is C6H2F5O4P. The van der Waals surface area contributed by atoms with Crippen LogP contribution in [0.4, 0.5) is 22.2 Å². The summed E-state index contributed by atoms with van der Waals surface area (Å²) in [5.74, 6) is -6.71. The van der Waals surface area contributed by atoms with Gasteiger partial charge in [-0.2, -0.15) is 4.39 Å². The lowest BCUT2D eigenvalue weighted by Gasteiger charge is -2.09. The van der Waals surface area contributed by atoms with Gasteiger partial charge in [0.25, 0.3) is 0 Å². The first kappa shape index (κ1) is 12.9. The van der Waals surface area contributed by atoms with Gasteiger partial charge < -0.3 is 4.52 Å². The van der Waals surface area contributed by atoms with E-state index >= 15 is 0 Å². The summed E-state index contributed by atoms with van der Waals surface area (Å²) in [7, 11) is -5.33. The molecule has 1 rings (SSSR count). The van der Waals surface area contributed by atoms with Crippen LogP contribution >= 0.6 is 7.82 Å². The van der Waals surface area contributed by atoms with Gasteiger partial charge in [-0.15, -0.1) is 0 Å². The summed E-state index contributed by atoms with van der Waals surface area (Å²) in [5, 5.41) is 0. The molecule has 0 radical (unpaired) electrons. The Morgan fingerprint density at radius 3 is 2.06 bits per heavy atom. The predicted molar refractivity (Wildman–Crippen MR) is 38.9 cm³/mol. The van der Waals surface area contributed by atoms with Gasteiger partial charge in [0.1, 0.15) is 0 Å². The smallest absolute Gasteiger partial charge is 0.398 e. The minimum absolute atomic E-state index is 0.383. The zero-order chi connectivity index (χ0) is 12.3. The summed E-state index contributed by atoms with van der Waals surface area (Å²) >= 11 is 0. The van der Waals surface area contributed by atoms with Crippen molar-refractivity contribution < 1.29 is 40.8 Å². The van der Waals surface area contributed by atoms with E-state index in [1.54, 1.807) is 0 Å². The van der Waals surface area contributed by atoms with Crippen LogP contribution in [0, 0.1) is 17.5 Å². The van der Waals surface area contributed by atoms with Crippen LogP contribution in [0.2, 0.25) is 0 Å². The third-order valence-electron chi connectivity index (χ3n) is 1.38. The fourth-order valence-corrected chi connectivity index (χ4v) is 1.20. The number of hydrogen-bond acceptors (Lipinski definition) is 4. The zero-order valence-corrected chi connectivity index (χ0v) is 8.02. The van der Waals surface area contributed by atoms with E-state index in [1.807, 2.05) is 0 Å². The quantitative estimate of drug-likeness (QED) is 0.475. The molecule has 0 unspecified atom stereocenters. The fraction of sp³-hybridized carbons (Fsp3) is 0. The molecule has 4 nitrogen and oxygen atoms in total. The molecule has 0 aliphatic carbocycles. The average Bonchev–Trinajstić information content (AvgIpc) is 2.30. The van der Waals surface area contributed by atoms with Crippen LogP contribution in [-0.2, 0) is 14.0 Å². The molecule has 0 N–H and O–H groups in total. The van der Waals surface area contributed by atoms with Gasteiger partial charge in [0.15, 0.2) is 17.4 Å². The maximum absolute atomic E-state index is 12.8. The van der Waals surface area contributed by atoms with E-state index in [9.17, 15) is 26.8 Å². The van der Waals surface area contributed by atoms with E-state index in [0.717, 1.165) is 0 Å². The second-order valence-corrected chi connectivity index (χ2v) is 3.70. The van der Waals surface area contributed by atoms with Crippen LogP contribution in [0.3, 0.4) is 0 Å². The van der Waals surface area contributed by atoms with Crippen molar-refractivity contribution in [2.24, 2.45) is 0 Å². The molecule has 10 heteroatoms. The average molecular weight is 264 g/mol. The lowest BCUT2D eigenvalue weighted by molar-refractivity contribution is -0.107.